The predicted octanol–water partition coefficient (Wildman–Crippen LogP) is 3.07. The second-order valence-corrected chi connectivity index (χ2v) is 7.23. The van der Waals surface area contributed by atoms with Crippen molar-refractivity contribution < 1.29 is 0 Å². The van der Waals surface area contributed by atoms with Crippen LogP contribution in [0.2, 0.25) is 0 Å². The minimum Gasteiger partial charge on any atom is -0.313 e. The summed E-state index contributed by atoms with van der Waals surface area (Å²) in [5, 5.41) is 8.63. The Hall–Kier alpha value is -0.480. The minimum atomic E-state index is 0.397. The van der Waals surface area contributed by atoms with E-state index in [-0.39, 0.29) is 0 Å². The molecule has 0 amide bonds. The number of aryl methyl sites for hydroxylation is 1. The highest BCUT2D eigenvalue weighted by Crippen LogP contribution is 2.42. The van der Waals surface area contributed by atoms with Gasteiger partial charge in [0.2, 0.25) is 0 Å². The second kappa shape index (κ2) is 5.66. The topological polar surface area (TPSA) is 29.9 Å². The van der Waals surface area contributed by atoms with Gasteiger partial charge in [0.15, 0.2) is 0 Å². The highest BCUT2D eigenvalue weighted by Gasteiger charge is 2.38. The molecular weight excluding hydrogens is 242 g/mol. The normalized spacial score (nSPS) is 27.3. The highest BCUT2D eigenvalue weighted by molar-refractivity contribution is 8.00. The van der Waals surface area contributed by atoms with Crippen LogP contribution < -0.4 is 5.32 Å². The van der Waals surface area contributed by atoms with E-state index in [4.69, 9.17) is 0 Å². The lowest BCUT2D eigenvalue weighted by Gasteiger charge is -2.44. The molecule has 0 bridgehead atoms. The number of nitrogens with one attached hydrogen (secondary N) is 1. The molecule has 1 saturated carbocycles. The molecule has 18 heavy (non-hydrogen) atoms. The van der Waals surface area contributed by atoms with Crippen LogP contribution >= 0.6 is 11.8 Å². The second-order valence-electron chi connectivity index (χ2n) is 5.92. The van der Waals surface area contributed by atoms with Gasteiger partial charge in [-0.05, 0) is 24.8 Å². The summed E-state index contributed by atoms with van der Waals surface area (Å²) in [6.07, 6.45) is 8.08. The molecule has 0 aromatic carbocycles. The van der Waals surface area contributed by atoms with Gasteiger partial charge in [-0.15, -0.1) is 11.8 Å². The van der Waals surface area contributed by atoms with E-state index in [9.17, 15) is 0 Å². The van der Waals surface area contributed by atoms with Crippen molar-refractivity contribution in [3.63, 3.8) is 0 Å². The van der Waals surface area contributed by atoms with E-state index >= 15 is 0 Å². The Morgan fingerprint density at radius 2 is 2.33 bits per heavy atom. The first kappa shape index (κ1) is 13.9. The van der Waals surface area contributed by atoms with E-state index in [2.05, 4.69) is 37.4 Å². The SMILES string of the molecule is CCNC1C(Sc2cnn(C)c2)CCCC1(C)C. The van der Waals surface area contributed by atoms with Crippen molar-refractivity contribution in [3.8, 4) is 0 Å². The molecule has 102 valence electrons. The van der Waals surface area contributed by atoms with Gasteiger partial charge >= 0.3 is 0 Å². The van der Waals surface area contributed by atoms with Gasteiger partial charge in [-0.25, -0.2) is 0 Å². The van der Waals surface area contributed by atoms with Crippen molar-refractivity contribution in [1.82, 2.24) is 15.1 Å². The molecule has 1 aliphatic rings. The Balaban J connectivity index is 2.09. The van der Waals surface area contributed by atoms with Crippen molar-refractivity contribution in [3.05, 3.63) is 12.4 Å². The zero-order chi connectivity index (χ0) is 13.2. The lowest BCUT2D eigenvalue weighted by molar-refractivity contribution is 0.176. The van der Waals surface area contributed by atoms with E-state index in [1.165, 1.54) is 24.2 Å². The van der Waals surface area contributed by atoms with E-state index in [1.54, 1.807) is 0 Å². The summed E-state index contributed by atoms with van der Waals surface area (Å²) in [7, 11) is 1.98. The van der Waals surface area contributed by atoms with Crippen LogP contribution in [0.1, 0.15) is 40.0 Å². The molecule has 2 rings (SSSR count). The predicted molar refractivity (Wildman–Crippen MR) is 77.9 cm³/mol. The number of thioether (sulfide) groups is 1. The molecule has 1 heterocycles. The first-order chi connectivity index (χ1) is 8.53. The van der Waals surface area contributed by atoms with Crippen molar-refractivity contribution in [2.24, 2.45) is 12.5 Å². The molecule has 1 N–H and O–H groups in total. The maximum atomic E-state index is 4.26. The zero-order valence-corrected chi connectivity index (χ0v) is 12.8. The van der Waals surface area contributed by atoms with Crippen LogP contribution in [0.25, 0.3) is 0 Å². The molecule has 3 nitrogen and oxygen atoms in total. The third-order valence-corrected chi connectivity index (χ3v) is 5.21. The molecule has 1 fully saturated rings. The summed E-state index contributed by atoms with van der Waals surface area (Å²) >= 11 is 1.99. The first-order valence-corrected chi connectivity index (χ1v) is 7.79. The molecule has 1 aromatic rings. The molecule has 0 spiro atoms. The molecule has 1 aromatic heterocycles. The maximum Gasteiger partial charge on any atom is 0.0625 e. The smallest absolute Gasteiger partial charge is 0.0625 e. The van der Waals surface area contributed by atoms with Crippen molar-refractivity contribution >= 4 is 11.8 Å². The fourth-order valence-electron chi connectivity index (χ4n) is 2.97. The average Bonchev–Trinajstić information content (AvgIpc) is 2.69. The van der Waals surface area contributed by atoms with E-state index < -0.39 is 0 Å². The lowest BCUT2D eigenvalue weighted by Crippen LogP contribution is -2.51. The van der Waals surface area contributed by atoms with Gasteiger partial charge < -0.3 is 5.32 Å². The van der Waals surface area contributed by atoms with Crippen LogP contribution in [0.5, 0.6) is 0 Å². The van der Waals surface area contributed by atoms with Gasteiger partial charge in [-0.2, -0.15) is 5.10 Å². The molecule has 0 saturated heterocycles. The Labute approximate surface area is 115 Å². The van der Waals surface area contributed by atoms with Gasteiger partial charge in [-0.3, -0.25) is 4.68 Å². The maximum absolute atomic E-state index is 4.26. The van der Waals surface area contributed by atoms with Crippen LogP contribution in [0, 0.1) is 5.41 Å². The average molecular weight is 267 g/mol. The summed E-state index contributed by atoms with van der Waals surface area (Å²) < 4.78 is 1.89. The fourth-order valence-corrected chi connectivity index (χ4v) is 4.53. The zero-order valence-electron chi connectivity index (χ0n) is 11.9. The van der Waals surface area contributed by atoms with E-state index in [1.807, 2.05) is 29.7 Å². The molecule has 0 aliphatic heterocycles. The Morgan fingerprint density at radius 3 is 2.94 bits per heavy atom. The molecule has 1 aliphatic carbocycles. The first-order valence-electron chi connectivity index (χ1n) is 6.91. The van der Waals surface area contributed by atoms with Gasteiger partial charge in [0.1, 0.15) is 0 Å². The van der Waals surface area contributed by atoms with E-state index in [0.29, 0.717) is 16.7 Å². The Morgan fingerprint density at radius 1 is 1.56 bits per heavy atom. The summed E-state index contributed by atoms with van der Waals surface area (Å²) in [5.41, 5.74) is 0.397. The van der Waals surface area contributed by atoms with Crippen molar-refractivity contribution in [2.45, 2.75) is 56.2 Å². The largest absolute Gasteiger partial charge is 0.313 e. The fraction of sp³-hybridized carbons (Fsp3) is 0.786. The number of rotatable bonds is 4. The lowest BCUT2D eigenvalue weighted by atomic mass is 9.73. The number of nitrogens with zero attached hydrogens (tertiary/aromatic N) is 2. The van der Waals surface area contributed by atoms with Gasteiger partial charge in [0.25, 0.3) is 0 Å². The van der Waals surface area contributed by atoms with Gasteiger partial charge in [0.05, 0.1) is 6.20 Å². The molecule has 4 heteroatoms. The Kier molecular flexibility index (Phi) is 4.38. The molecule has 0 radical (unpaired) electrons. The number of hydrogen-bond donors (Lipinski definition) is 1. The monoisotopic (exact) mass is 267 g/mol. The quantitative estimate of drug-likeness (QED) is 0.909. The highest BCUT2D eigenvalue weighted by atomic mass is 32.2. The van der Waals surface area contributed by atoms with Crippen molar-refractivity contribution in [1.29, 1.82) is 0 Å². The summed E-state index contributed by atoms with van der Waals surface area (Å²) in [6, 6.07) is 0.599. The molecule has 2 unspecified atom stereocenters. The van der Waals surface area contributed by atoms with Crippen LogP contribution in [0.4, 0.5) is 0 Å². The van der Waals surface area contributed by atoms with Crippen LogP contribution in [-0.4, -0.2) is 27.6 Å². The molecule has 2 atom stereocenters. The number of aromatic nitrogens is 2. The summed E-state index contributed by atoms with van der Waals surface area (Å²) in [6.45, 7) is 8.06. The third kappa shape index (κ3) is 3.09. The Bertz CT molecular complexity index is 386. The van der Waals surface area contributed by atoms with Gasteiger partial charge in [-0.1, -0.05) is 27.2 Å². The molecular formula is C14H25N3S. The number of hydrogen-bond acceptors (Lipinski definition) is 3. The van der Waals surface area contributed by atoms with Crippen LogP contribution in [0.3, 0.4) is 0 Å². The third-order valence-electron chi connectivity index (χ3n) is 3.92. The minimum absolute atomic E-state index is 0.397. The summed E-state index contributed by atoms with van der Waals surface area (Å²) in [5.74, 6) is 0. The van der Waals surface area contributed by atoms with E-state index in [0.717, 1.165) is 6.54 Å². The van der Waals surface area contributed by atoms with Crippen molar-refractivity contribution in [2.75, 3.05) is 6.54 Å². The van der Waals surface area contributed by atoms with Crippen LogP contribution in [0.15, 0.2) is 17.3 Å². The van der Waals surface area contributed by atoms with Gasteiger partial charge in [0, 0.05) is 29.4 Å². The standard InChI is InChI=1S/C14H25N3S/c1-5-15-13-12(7-6-8-14(13,2)3)18-11-9-16-17(4)10-11/h9-10,12-13,15H,5-8H2,1-4H3. The van der Waals surface area contributed by atoms with Crippen LogP contribution in [-0.2, 0) is 7.05 Å². The summed E-state index contributed by atoms with van der Waals surface area (Å²) in [4.78, 5) is 1.29.